The lowest BCUT2D eigenvalue weighted by molar-refractivity contribution is 0.409. The van der Waals surface area contributed by atoms with Crippen LogP contribution in [0.2, 0.25) is 0 Å². The van der Waals surface area contributed by atoms with Crippen molar-refractivity contribution in [1.82, 2.24) is 10.6 Å². The number of fused-ring (bicyclic) bond motifs is 6. The molecule has 3 atom stereocenters. The van der Waals surface area contributed by atoms with Gasteiger partial charge in [-0.15, -0.1) is 0 Å². The zero-order valence-corrected chi connectivity index (χ0v) is 25.6. The normalized spacial score (nSPS) is 19.3. The second-order valence-corrected chi connectivity index (χ2v) is 12.1. The molecule has 0 spiro atoms. The predicted molar refractivity (Wildman–Crippen MR) is 191 cm³/mol. The van der Waals surface area contributed by atoms with Crippen LogP contribution in [0.3, 0.4) is 0 Å². The predicted octanol–water partition coefficient (Wildman–Crippen LogP) is 8.66. The van der Waals surface area contributed by atoms with Gasteiger partial charge in [0.25, 0.3) is 0 Å². The summed E-state index contributed by atoms with van der Waals surface area (Å²) in [6.45, 7) is 0. The third-order valence-corrected chi connectivity index (χ3v) is 9.19. The quantitative estimate of drug-likeness (QED) is 0.207. The molecule has 1 aliphatic carbocycles. The van der Waals surface area contributed by atoms with Crippen LogP contribution in [0.25, 0.3) is 22.3 Å². The van der Waals surface area contributed by atoms with E-state index in [0.717, 1.165) is 56.3 Å². The summed E-state index contributed by atoms with van der Waals surface area (Å²) in [5.41, 5.74) is 12.4. The molecule has 5 nitrogen and oxygen atoms in total. The highest BCUT2D eigenvalue weighted by Gasteiger charge is 2.34. The van der Waals surface area contributed by atoms with Gasteiger partial charge < -0.3 is 5.32 Å². The Labute approximate surface area is 274 Å². The summed E-state index contributed by atoms with van der Waals surface area (Å²) in [4.78, 5) is 15.5. The molecule has 3 aliphatic rings. The highest BCUT2D eigenvalue weighted by Crippen LogP contribution is 2.43. The van der Waals surface area contributed by atoms with E-state index in [2.05, 4.69) is 144 Å². The van der Waals surface area contributed by atoms with Crippen molar-refractivity contribution in [2.24, 2.45) is 15.0 Å². The van der Waals surface area contributed by atoms with Crippen molar-refractivity contribution < 1.29 is 0 Å². The van der Waals surface area contributed by atoms with Gasteiger partial charge in [-0.3, -0.25) is 10.3 Å². The molecule has 2 aliphatic heterocycles. The Hall–Kier alpha value is -5.91. The molecule has 0 amide bonds. The maximum absolute atomic E-state index is 5.20. The first kappa shape index (κ1) is 27.4. The van der Waals surface area contributed by atoms with Crippen LogP contribution in [0.4, 0.5) is 0 Å². The van der Waals surface area contributed by atoms with Crippen LogP contribution in [0.5, 0.6) is 0 Å². The molecule has 3 unspecified atom stereocenters. The van der Waals surface area contributed by atoms with E-state index >= 15 is 0 Å². The molecule has 2 N–H and O–H groups in total. The van der Waals surface area contributed by atoms with Crippen molar-refractivity contribution >= 4 is 17.4 Å². The molecule has 9 rings (SSSR count). The molecule has 0 radical (unpaired) electrons. The van der Waals surface area contributed by atoms with Gasteiger partial charge in [-0.2, -0.15) is 0 Å². The van der Waals surface area contributed by atoms with E-state index in [1.54, 1.807) is 0 Å². The van der Waals surface area contributed by atoms with Crippen LogP contribution in [0, 0.1) is 0 Å². The molecule has 5 heteroatoms. The maximum Gasteiger partial charge on any atom is 0.155 e. The zero-order chi connectivity index (χ0) is 31.2. The zero-order valence-electron chi connectivity index (χ0n) is 25.6. The second-order valence-electron chi connectivity index (χ2n) is 12.1. The summed E-state index contributed by atoms with van der Waals surface area (Å²) in [6, 6.07) is 55.0. The Kier molecular flexibility index (Phi) is 6.69. The number of hydrogen-bond donors (Lipinski definition) is 2. The van der Waals surface area contributed by atoms with Gasteiger partial charge in [0.15, 0.2) is 5.84 Å². The Bertz CT molecular complexity index is 2220. The van der Waals surface area contributed by atoms with Gasteiger partial charge in [-0.1, -0.05) is 146 Å². The van der Waals surface area contributed by atoms with E-state index in [1.165, 1.54) is 16.7 Å². The van der Waals surface area contributed by atoms with Crippen LogP contribution in [-0.4, -0.2) is 17.4 Å². The Balaban J connectivity index is 1.06. The number of rotatable bonds is 5. The maximum atomic E-state index is 5.20. The fourth-order valence-electron chi connectivity index (χ4n) is 6.89. The number of hydrogen-bond acceptors (Lipinski definition) is 5. The molecule has 0 aromatic heterocycles. The first-order chi connectivity index (χ1) is 23.3. The van der Waals surface area contributed by atoms with Gasteiger partial charge in [-0.05, 0) is 51.1 Å². The minimum absolute atomic E-state index is 0.0841. The van der Waals surface area contributed by atoms with Gasteiger partial charge in [0.2, 0.25) is 0 Å². The van der Waals surface area contributed by atoms with Gasteiger partial charge in [0, 0.05) is 16.7 Å². The highest BCUT2D eigenvalue weighted by atomic mass is 15.3. The van der Waals surface area contributed by atoms with E-state index in [1.807, 2.05) is 24.3 Å². The van der Waals surface area contributed by atoms with E-state index in [0.29, 0.717) is 0 Å². The third kappa shape index (κ3) is 4.98. The number of amidine groups is 2. The van der Waals surface area contributed by atoms with E-state index < -0.39 is 0 Å². The van der Waals surface area contributed by atoms with Crippen molar-refractivity contribution in [2.75, 3.05) is 0 Å². The van der Waals surface area contributed by atoms with Gasteiger partial charge in [0.1, 0.15) is 24.2 Å². The SMILES string of the molecule is c1ccc(C2=NC(c3cccc(-c4cccc(C5=NC6C(=N5)c5ccccc5-c5ccccc56)c4)c3)NC(c3ccccc3)N2)cc1. The lowest BCUT2D eigenvalue weighted by Crippen LogP contribution is -2.44. The van der Waals surface area contributed by atoms with E-state index in [9.17, 15) is 0 Å². The molecule has 6 aromatic carbocycles. The molecule has 2 heterocycles. The third-order valence-electron chi connectivity index (χ3n) is 9.19. The van der Waals surface area contributed by atoms with Crippen LogP contribution < -0.4 is 10.6 Å². The Morgan fingerprint density at radius 3 is 1.91 bits per heavy atom. The average Bonchev–Trinajstić information content (AvgIpc) is 3.62. The van der Waals surface area contributed by atoms with E-state index in [4.69, 9.17) is 15.0 Å². The van der Waals surface area contributed by atoms with Crippen molar-refractivity contribution in [1.29, 1.82) is 0 Å². The fourth-order valence-corrected chi connectivity index (χ4v) is 6.89. The topological polar surface area (TPSA) is 61.1 Å². The standard InChI is InChI=1S/C42H31N5/c1-3-13-27(14-4-1)39-45-40(28-15-5-2-6-16-28)47-42(46-39)32-20-12-18-30(26-32)29-17-11-19-31(25-29)41-43-37-35-23-9-7-21-33(35)34-22-8-10-24-36(34)38(37)44-41/h1-26,37,39,42,46H,(H,45,47). The Morgan fingerprint density at radius 1 is 0.468 bits per heavy atom. The number of benzene rings is 6. The molecule has 224 valence electrons. The highest BCUT2D eigenvalue weighted by molar-refractivity contribution is 6.23. The average molecular weight is 606 g/mol. The van der Waals surface area contributed by atoms with Gasteiger partial charge >= 0.3 is 0 Å². The monoisotopic (exact) mass is 605 g/mol. The fraction of sp³-hybridized carbons (Fsp3) is 0.0714. The minimum Gasteiger partial charge on any atom is -0.350 e. The summed E-state index contributed by atoms with van der Waals surface area (Å²) in [5, 5.41) is 7.35. The smallest absolute Gasteiger partial charge is 0.155 e. The largest absolute Gasteiger partial charge is 0.350 e. The minimum atomic E-state index is -0.228. The summed E-state index contributed by atoms with van der Waals surface area (Å²) in [6.07, 6.45) is -0.312. The molecular formula is C42H31N5. The lowest BCUT2D eigenvalue weighted by Gasteiger charge is -2.32. The van der Waals surface area contributed by atoms with Crippen molar-refractivity contribution in [3.8, 4) is 22.3 Å². The molecule has 6 aromatic rings. The Morgan fingerprint density at radius 2 is 1.09 bits per heavy atom. The molecule has 0 bridgehead atoms. The molecular weight excluding hydrogens is 574 g/mol. The van der Waals surface area contributed by atoms with Crippen LogP contribution in [0.15, 0.2) is 173 Å². The lowest BCUT2D eigenvalue weighted by atomic mass is 9.82. The van der Waals surface area contributed by atoms with Crippen LogP contribution in [0.1, 0.15) is 51.8 Å². The molecule has 47 heavy (non-hydrogen) atoms. The second kappa shape index (κ2) is 11.5. The van der Waals surface area contributed by atoms with Crippen LogP contribution >= 0.6 is 0 Å². The molecule has 0 saturated heterocycles. The number of nitrogens with one attached hydrogen (secondary N) is 2. The summed E-state index contributed by atoms with van der Waals surface area (Å²) in [5.74, 6) is 1.65. The first-order valence-electron chi connectivity index (χ1n) is 16.1. The molecule has 0 saturated carbocycles. The van der Waals surface area contributed by atoms with Gasteiger partial charge in [0.05, 0.1) is 5.71 Å². The van der Waals surface area contributed by atoms with Crippen molar-refractivity contribution in [3.63, 3.8) is 0 Å². The van der Waals surface area contributed by atoms with Crippen molar-refractivity contribution in [3.05, 3.63) is 191 Å². The summed E-state index contributed by atoms with van der Waals surface area (Å²) < 4.78 is 0. The van der Waals surface area contributed by atoms with Gasteiger partial charge in [-0.25, -0.2) is 9.98 Å². The summed E-state index contributed by atoms with van der Waals surface area (Å²) in [7, 11) is 0. The number of aliphatic imine (C=N–C) groups is 3. The summed E-state index contributed by atoms with van der Waals surface area (Å²) >= 11 is 0. The van der Waals surface area contributed by atoms with E-state index in [-0.39, 0.29) is 18.4 Å². The first-order valence-corrected chi connectivity index (χ1v) is 16.1. The van der Waals surface area contributed by atoms with Crippen molar-refractivity contribution in [2.45, 2.75) is 18.4 Å². The van der Waals surface area contributed by atoms with Crippen LogP contribution in [-0.2, 0) is 0 Å². The number of nitrogens with zero attached hydrogens (tertiary/aromatic N) is 3. The molecule has 0 fully saturated rings.